The fraction of sp³-hybridized carbons (Fsp3) is 0.111. The van der Waals surface area contributed by atoms with E-state index in [0.717, 1.165) is 23.3 Å². The third kappa shape index (κ3) is 3.50. The van der Waals surface area contributed by atoms with E-state index in [-0.39, 0.29) is 12.4 Å². The van der Waals surface area contributed by atoms with E-state index >= 15 is 0 Å². The molecule has 7 heteroatoms. The first-order chi connectivity index (χ1) is 12.0. The standard InChI is InChI=1S/C18H14F2N2O3/c1-10-2-4-11(5-3-10)15-8-12(22-25-15)9-24-14-7-6-13(19)16(17(14)20)18(21)23/h2-8H,9H2,1H3,(H2,21,23). The number of benzene rings is 2. The normalized spacial score (nSPS) is 10.7. The van der Waals surface area contributed by atoms with Gasteiger partial charge in [0.05, 0.1) is 0 Å². The van der Waals surface area contributed by atoms with E-state index in [1.54, 1.807) is 6.07 Å². The molecule has 0 aliphatic heterocycles. The molecule has 0 aliphatic carbocycles. The van der Waals surface area contributed by atoms with Gasteiger partial charge in [-0.25, -0.2) is 8.78 Å². The van der Waals surface area contributed by atoms with E-state index in [9.17, 15) is 13.6 Å². The van der Waals surface area contributed by atoms with Crippen molar-refractivity contribution in [2.75, 3.05) is 0 Å². The first-order valence-corrected chi connectivity index (χ1v) is 7.39. The number of aromatic nitrogens is 1. The van der Waals surface area contributed by atoms with Gasteiger partial charge in [0, 0.05) is 11.6 Å². The van der Waals surface area contributed by atoms with Crippen LogP contribution in [-0.4, -0.2) is 11.1 Å². The molecular formula is C18H14F2N2O3. The first kappa shape index (κ1) is 16.6. The second kappa shape index (κ2) is 6.72. The zero-order valence-electron chi connectivity index (χ0n) is 13.3. The minimum Gasteiger partial charge on any atom is -0.484 e. The number of nitrogens with two attached hydrogens (primary N) is 1. The van der Waals surface area contributed by atoms with Crippen LogP contribution in [0.2, 0.25) is 0 Å². The predicted octanol–water partition coefficient (Wildman–Crippen LogP) is 3.61. The Morgan fingerprint density at radius 1 is 1.20 bits per heavy atom. The van der Waals surface area contributed by atoms with E-state index in [4.69, 9.17) is 15.0 Å². The molecule has 0 radical (unpaired) electrons. The highest BCUT2D eigenvalue weighted by Gasteiger charge is 2.19. The van der Waals surface area contributed by atoms with Crippen molar-refractivity contribution in [3.63, 3.8) is 0 Å². The van der Waals surface area contributed by atoms with Crippen LogP contribution in [0.5, 0.6) is 5.75 Å². The number of carbonyl (C=O) groups is 1. The molecule has 5 nitrogen and oxygen atoms in total. The van der Waals surface area contributed by atoms with E-state index in [1.165, 1.54) is 0 Å². The van der Waals surface area contributed by atoms with Crippen LogP contribution in [0.4, 0.5) is 8.78 Å². The van der Waals surface area contributed by atoms with Crippen LogP contribution in [0.1, 0.15) is 21.6 Å². The highest BCUT2D eigenvalue weighted by atomic mass is 19.1. The molecule has 0 fully saturated rings. The maximum Gasteiger partial charge on any atom is 0.254 e. The van der Waals surface area contributed by atoms with E-state index < -0.39 is 23.1 Å². The van der Waals surface area contributed by atoms with Gasteiger partial charge in [-0.05, 0) is 19.1 Å². The maximum atomic E-state index is 14.1. The van der Waals surface area contributed by atoms with Crippen molar-refractivity contribution >= 4 is 5.91 Å². The number of aryl methyl sites for hydroxylation is 1. The highest BCUT2D eigenvalue weighted by Crippen LogP contribution is 2.25. The summed E-state index contributed by atoms with van der Waals surface area (Å²) in [6, 6.07) is 11.3. The number of halogens is 2. The fourth-order valence-corrected chi connectivity index (χ4v) is 2.26. The molecule has 2 aromatic carbocycles. The Kier molecular flexibility index (Phi) is 4.47. The van der Waals surface area contributed by atoms with Gasteiger partial charge in [0.2, 0.25) is 0 Å². The van der Waals surface area contributed by atoms with Crippen LogP contribution in [0, 0.1) is 18.6 Å². The van der Waals surface area contributed by atoms with Gasteiger partial charge in [0.1, 0.15) is 23.7 Å². The summed E-state index contributed by atoms with van der Waals surface area (Å²) in [5.41, 5.74) is 6.51. The Morgan fingerprint density at radius 2 is 1.92 bits per heavy atom. The topological polar surface area (TPSA) is 78.4 Å². The molecule has 0 atom stereocenters. The zero-order chi connectivity index (χ0) is 18.0. The van der Waals surface area contributed by atoms with Gasteiger partial charge in [0.15, 0.2) is 17.3 Å². The van der Waals surface area contributed by atoms with Crippen molar-refractivity contribution in [3.05, 3.63) is 70.9 Å². The molecule has 2 N–H and O–H groups in total. The van der Waals surface area contributed by atoms with Gasteiger partial charge in [0.25, 0.3) is 5.91 Å². The Bertz CT molecular complexity index is 921. The lowest BCUT2D eigenvalue weighted by atomic mass is 10.1. The molecule has 1 aromatic heterocycles. The van der Waals surface area contributed by atoms with Gasteiger partial charge in [-0.15, -0.1) is 0 Å². The van der Waals surface area contributed by atoms with Gasteiger partial charge < -0.3 is 15.0 Å². The summed E-state index contributed by atoms with van der Waals surface area (Å²) in [4.78, 5) is 11.1. The third-order valence-electron chi connectivity index (χ3n) is 3.57. The molecule has 0 unspecified atom stereocenters. The molecule has 128 valence electrons. The second-order valence-corrected chi connectivity index (χ2v) is 5.44. The Labute approximate surface area is 142 Å². The van der Waals surface area contributed by atoms with Crippen LogP contribution in [0.3, 0.4) is 0 Å². The summed E-state index contributed by atoms with van der Waals surface area (Å²) in [6.07, 6.45) is 0. The molecule has 1 heterocycles. The molecule has 0 saturated carbocycles. The summed E-state index contributed by atoms with van der Waals surface area (Å²) in [5.74, 6) is -3.15. The summed E-state index contributed by atoms with van der Waals surface area (Å²) in [6.45, 7) is 1.86. The first-order valence-electron chi connectivity index (χ1n) is 7.39. The molecule has 3 aromatic rings. The van der Waals surface area contributed by atoms with Gasteiger partial charge in [-0.3, -0.25) is 4.79 Å². The van der Waals surface area contributed by atoms with Crippen molar-refractivity contribution in [2.24, 2.45) is 5.73 Å². The van der Waals surface area contributed by atoms with E-state index in [1.807, 2.05) is 31.2 Å². The molecule has 25 heavy (non-hydrogen) atoms. The lowest BCUT2D eigenvalue weighted by molar-refractivity contribution is 0.0991. The second-order valence-electron chi connectivity index (χ2n) is 5.44. The van der Waals surface area contributed by atoms with Crippen LogP contribution in [-0.2, 0) is 6.61 Å². The van der Waals surface area contributed by atoms with Crippen LogP contribution >= 0.6 is 0 Å². The zero-order valence-corrected chi connectivity index (χ0v) is 13.3. The lowest BCUT2D eigenvalue weighted by Crippen LogP contribution is -2.16. The Morgan fingerprint density at radius 3 is 2.60 bits per heavy atom. The Balaban J connectivity index is 1.76. The fourth-order valence-electron chi connectivity index (χ4n) is 2.26. The predicted molar refractivity (Wildman–Crippen MR) is 85.9 cm³/mol. The number of nitrogens with zero attached hydrogens (tertiary/aromatic N) is 1. The number of rotatable bonds is 5. The van der Waals surface area contributed by atoms with Crippen LogP contribution in [0.15, 0.2) is 47.0 Å². The summed E-state index contributed by atoms with van der Waals surface area (Å²) in [7, 11) is 0. The van der Waals surface area contributed by atoms with Crippen LogP contribution in [0.25, 0.3) is 11.3 Å². The number of primary amides is 1. The largest absolute Gasteiger partial charge is 0.484 e. The number of amides is 1. The lowest BCUT2D eigenvalue weighted by Gasteiger charge is -2.08. The summed E-state index contributed by atoms with van der Waals surface area (Å²) >= 11 is 0. The molecular weight excluding hydrogens is 330 g/mol. The maximum absolute atomic E-state index is 14.1. The molecule has 1 amide bonds. The van der Waals surface area contributed by atoms with Crippen molar-refractivity contribution < 1.29 is 22.8 Å². The van der Waals surface area contributed by atoms with Crippen LogP contribution < -0.4 is 10.5 Å². The monoisotopic (exact) mass is 344 g/mol. The van der Waals surface area contributed by atoms with Crippen molar-refractivity contribution in [1.82, 2.24) is 5.16 Å². The SMILES string of the molecule is Cc1ccc(-c2cc(COc3ccc(F)c(C(N)=O)c3F)no2)cc1. The molecule has 3 rings (SSSR count). The van der Waals surface area contributed by atoms with Crippen molar-refractivity contribution in [2.45, 2.75) is 13.5 Å². The molecule has 0 spiro atoms. The quantitative estimate of drug-likeness (QED) is 0.767. The molecule has 0 bridgehead atoms. The number of hydrogen-bond donors (Lipinski definition) is 1. The third-order valence-corrected chi connectivity index (χ3v) is 3.57. The van der Waals surface area contributed by atoms with E-state index in [2.05, 4.69) is 5.16 Å². The summed E-state index contributed by atoms with van der Waals surface area (Å²) in [5, 5.41) is 3.85. The molecule has 0 aliphatic rings. The summed E-state index contributed by atoms with van der Waals surface area (Å²) < 4.78 is 38.0. The number of carbonyl (C=O) groups excluding carboxylic acids is 1. The van der Waals surface area contributed by atoms with Gasteiger partial charge >= 0.3 is 0 Å². The van der Waals surface area contributed by atoms with Gasteiger partial charge in [-0.2, -0.15) is 0 Å². The Hall–Kier alpha value is -3.22. The van der Waals surface area contributed by atoms with E-state index in [0.29, 0.717) is 11.5 Å². The smallest absolute Gasteiger partial charge is 0.254 e. The van der Waals surface area contributed by atoms with Crippen molar-refractivity contribution in [3.8, 4) is 17.1 Å². The minimum absolute atomic E-state index is 0.115. The molecule has 0 saturated heterocycles. The number of ether oxygens (including phenoxy) is 1. The highest BCUT2D eigenvalue weighted by molar-refractivity contribution is 5.93. The van der Waals surface area contributed by atoms with Crippen molar-refractivity contribution in [1.29, 1.82) is 0 Å². The minimum atomic E-state index is -1.21. The average molecular weight is 344 g/mol. The average Bonchev–Trinajstić information content (AvgIpc) is 3.03. The van der Waals surface area contributed by atoms with Gasteiger partial charge in [-0.1, -0.05) is 35.0 Å². The number of hydrogen-bond acceptors (Lipinski definition) is 4.